The quantitative estimate of drug-likeness (QED) is 0.543. The van der Waals surface area contributed by atoms with Gasteiger partial charge in [-0.3, -0.25) is 4.79 Å². The lowest BCUT2D eigenvalue weighted by atomic mass is 9.41. The highest BCUT2D eigenvalue weighted by Gasteiger charge is 2.83. The maximum Gasteiger partial charge on any atom is 0.138 e. The Balaban J connectivity index is 1.35. The molecule has 5 saturated carbocycles. The van der Waals surface area contributed by atoms with Crippen molar-refractivity contribution in [2.75, 3.05) is 0 Å². The van der Waals surface area contributed by atoms with Gasteiger partial charge in [0, 0.05) is 17.8 Å². The van der Waals surface area contributed by atoms with Crippen LogP contribution in [0.5, 0.6) is 0 Å². The molecular weight excluding hydrogens is 424 g/mol. The highest BCUT2D eigenvalue weighted by Crippen LogP contribution is 2.89. The van der Waals surface area contributed by atoms with Gasteiger partial charge in [-0.1, -0.05) is 27.7 Å². The second-order valence-electron chi connectivity index (χ2n) is 15.5. The second-order valence-corrected chi connectivity index (χ2v) is 15.5. The number of ether oxygens (including phenoxy) is 1. The molecule has 0 aromatic rings. The molecule has 6 aliphatic rings. The van der Waals surface area contributed by atoms with E-state index < -0.39 is 11.2 Å². The first kappa shape index (κ1) is 23.9. The number of hydrogen-bond donors (Lipinski definition) is 2. The van der Waals surface area contributed by atoms with Crippen molar-refractivity contribution >= 4 is 5.78 Å². The maximum atomic E-state index is 12.9. The normalized spacial score (nSPS) is 58.0. The smallest absolute Gasteiger partial charge is 0.138 e. The van der Waals surface area contributed by atoms with Gasteiger partial charge in [-0.25, -0.2) is 0 Å². The highest BCUT2D eigenvalue weighted by atomic mass is 16.5. The molecule has 6 rings (SSSR count). The summed E-state index contributed by atoms with van der Waals surface area (Å²) in [6.07, 6.45) is 10.1. The Labute approximate surface area is 206 Å². The van der Waals surface area contributed by atoms with E-state index >= 15 is 0 Å². The summed E-state index contributed by atoms with van der Waals surface area (Å²) in [6, 6.07) is 0. The van der Waals surface area contributed by atoms with Gasteiger partial charge in [0.1, 0.15) is 5.78 Å². The molecule has 5 aliphatic carbocycles. The monoisotopic (exact) mass is 472 g/mol. The van der Waals surface area contributed by atoms with Crippen molar-refractivity contribution in [3.63, 3.8) is 0 Å². The zero-order chi connectivity index (χ0) is 24.7. The highest BCUT2D eigenvalue weighted by molar-refractivity contribution is 5.86. The Hall–Kier alpha value is -0.450. The predicted molar refractivity (Wildman–Crippen MR) is 132 cm³/mol. The first-order chi connectivity index (χ1) is 15.6. The van der Waals surface area contributed by atoms with Crippen LogP contribution in [0.1, 0.15) is 113 Å². The standard InChI is InChI=1S/C30H48O4/c1-24(2)19-8-9-20-27(6)16-18(31)23(28(7)12-11-22(34-28)25(3,4)33)26(27,5)14-15-30(20)17-29(19,30)13-10-21(24)32/h18-20,22-23,31,33H,8-17H2,1-7H3/t18-,19?,20?,22+,23?,26+,27-,28?,29+,30-/m0/s1. The molecule has 0 amide bonds. The molecule has 1 heterocycles. The van der Waals surface area contributed by atoms with E-state index in [1.54, 1.807) is 0 Å². The number of Topliss-reactive ketones (excluding diaryl/α,β-unsaturated/α-hetero) is 1. The van der Waals surface area contributed by atoms with Crippen LogP contribution in [0.25, 0.3) is 0 Å². The van der Waals surface area contributed by atoms with E-state index in [0.717, 1.165) is 38.5 Å². The zero-order valence-corrected chi connectivity index (χ0v) is 22.7. The van der Waals surface area contributed by atoms with Gasteiger partial charge in [0.25, 0.3) is 0 Å². The fourth-order valence-corrected chi connectivity index (χ4v) is 11.9. The van der Waals surface area contributed by atoms with Gasteiger partial charge in [-0.15, -0.1) is 0 Å². The number of aliphatic hydroxyl groups is 2. The van der Waals surface area contributed by atoms with Crippen molar-refractivity contribution in [2.24, 2.45) is 44.8 Å². The number of ketones is 1. The molecule has 0 bridgehead atoms. The molecule has 1 aliphatic heterocycles. The van der Waals surface area contributed by atoms with E-state index in [1.807, 2.05) is 13.8 Å². The van der Waals surface area contributed by atoms with Crippen LogP contribution in [0.15, 0.2) is 0 Å². The molecule has 34 heavy (non-hydrogen) atoms. The van der Waals surface area contributed by atoms with Crippen LogP contribution in [0.2, 0.25) is 0 Å². The van der Waals surface area contributed by atoms with Crippen LogP contribution >= 0.6 is 0 Å². The van der Waals surface area contributed by atoms with Crippen LogP contribution in [-0.2, 0) is 9.53 Å². The summed E-state index contributed by atoms with van der Waals surface area (Å²) < 4.78 is 6.67. The van der Waals surface area contributed by atoms with E-state index in [-0.39, 0.29) is 34.4 Å². The van der Waals surface area contributed by atoms with Crippen molar-refractivity contribution in [2.45, 2.75) is 136 Å². The molecule has 1 saturated heterocycles. The summed E-state index contributed by atoms with van der Waals surface area (Å²) in [7, 11) is 0. The van der Waals surface area contributed by atoms with Crippen LogP contribution in [0.3, 0.4) is 0 Å². The number of carbonyl (C=O) groups is 1. The van der Waals surface area contributed by atoms with Crippen molar-refractivity contribution < 1.29 is 19.7 Å². The van der Waals surface area contributed by atoms with Crippen LogP contribution < -0.4 is 0 Å². The summed E-state index contributed by atoms with van der Waals surface area (Å²) in [5, 5.41) is 22.4. The minimum Gasteiger partial charge on any atom is -0.393 e. The first-order valence-corrected chi connectivity index (χ1v) is 14.2. The van der Waals surface area contributed by atoms with E-state index in [1.165, 1.54) is 25.7 Å². The SMILES string of the molecule is CC1(C2[C@@H](O)C[C@@]3(C)C4CCC5C(C)(C)C(=O)CC[C@@]56C[C@@]46CC[C@]23C)CC[C@H](C(C)(C)O)O1. The largest absolute Gasteiger partial charge is 0.393 e. The summed E-state index contributed by atoms with van der Waals surface area (Å²) in [5.41, 5.74) is -0.560. The lowest BCUT2D eigenvalue weighted by molar-refractivity contribution is -0.192. The Kier molecular flexibility index (Phi) is 4.58. The van der Waals surface area contributed by atoms with Crippen molar-refractivity contribution in [1.82, 2.24) is 0 Å². The molecule has 4 heteroatoms. The number of aliphatic hydroxyl groups excluding tert-OH is 1. The van der Waals surface area contributed by atoms with Crippen LogP contribution in [-0.4, -0.2) is 39.4 Å². The Bertz CT molecular complexity index is 919. The fraction of sp³-hybridized carbons (Fsp3) is 0.967. The van der Waals surface area contributed by atoms with Gasteiger partial charge in [0.05, 0.1) is 23.4 Å². The molecule has 0 aromatic carbocycles. The van der Waals surface area contributed by atoms with Gasteiger partial charge < -0.3 is 14.9 Å². The minimum absolute atomic E-state index is 0.0300. The van der Waals surface area contributed by atoms with Crippen LogP contribution in [0, 0.1) is 44.8 Å². The molecule has 0 aromatic heterocycles. The third-order valence-electron chi connectivity index (χ3n) is 13.6. The lowest BCUT2D eigenvalue weighted by Crippen LogP contribution is -2.59. The number of hydrogen-bond acceptors (Lipinski definition) is 4. The molecule has 4 nitrogen and oxygen atoms in total. The maximum absolute atomic E-state index is 12.9. The topological polar surface area (TPSA) is 66.8 Å². The summed E-state index contributed by atoms with van der Waals surface area (Å²) in [4.78, 5) is 12.9. The molecule has 4 unspecified atom stereocenters. The molecular formula is C30H48O4. The third kappa shape index (κ3) is 2.55. The van der Waals surface area contributed by atoms with Crippen molar-refractivity contribution in [3.05, 3.63) is 0 Å². The Morgan fingerprint density at radius 2 is 1.53 bits per heavy atom. The van der Waals surface area contributed by atoms with Crippen molar-refractivity contribution in [1.29, 1.82) is 0 Å². The number of rotatable bonds is 2. The van der Waals surface area contributed by atoms with E-state index in [9.17, 15) is 15.0 Å². The van der Waals surface area contributed by atoms with Crippen LogP contribution in [0.4, 0.5) is 0 Å². The third-order valence-corrected chi connectivity index (χ3v) is 13.6. The predicted octanol–water partition coefficient (Wildman–Crippen LogP) is 5.67. The van der Waals surface area contributed by atoms with Gasteiger partial charge in [0.2, 0.25) is 0 Å². The molecule has 2 N–H and O–H groups in total. The molecule has 192 valence electrons. The van der Waals surface area contributed by atoms with Crippen molar-refractivity contribution in [3.8, 4) is 0 Å². The minimum atomic E-state index is -0.855. The molecule has 2 spiro atoms. The van der Waals surface area contributed by atoms with E-state index in [2.05, 4.69) is 34.6 Å². The number of carbonyl (C=O) groups excluding carboxylic acids is 1. The Morgan fingerprint density at radius 3 is 2.18 bits per heavy atom. The average molecular weight is 473 g/mol. The molecule has 0 radical (unpaired) electrons. The van der Waals surface area contributed by atoms with E-state index in [0.29, 0.717) is 28.4 Å². The van der Waals surface area contributed by atoms with Gasteiger partial charge >= 0.3 is 0 Å². The van der Waals surface area contributed by atoms with Gasteiger partial charge in [-0.05, 0) is 112 Å². The summed E-state index contributed by atoms with van der Waals surface area (Å²) >= 11 is 0. The molecule has 10 atom stereocenters. The summed E-state index contributed by atoms with van der Waals surface area (Å²) in [6.45, 7) is 15.4. The number of fused-ring (bicyclic) bond motifs is 2. The lowest BCUT2D eigenvalue weighted by Gasteiger charge is -2.63. The van der Waals surface area contributed by atoms with E-state index in [4.69, 9.17) is 4.74 Å². The zero-order valence-electron chi connectivity index (χ0n) is 22.7. The second kappa shape index (κ2) is 6.51. The average Bonchev–Trinajstić information content (AvgIpc) is 3.11. The Morgan fingerprint density at radius 1 is 0.882 bits per heavy atom. The fourth-order valence-electron chi connectivity index (χ4n) is 11.9. The first-order valence-electron chi connectivity index (χ1n) is 14.2. The summed E-state index contributed by atoms with van der Waals surface area (Å²) in [5.74, 6) is 1.76. The molecule has 6 fully saturated rings. The van der Waals surface area contributed by atoms with Gasteiger partial charge in [-0.2, -0.15) is 0 Å². The van der Waals surface area contributed by atoms with Gasteiger partial charge in [0.15, 0.2) is 0 Å².